The zero-order valence-corrected chi connectivity index (χ0v) is 10.8. The lowest BCUT2D eigenvalue weighted by atomic mass is 10.0. The lowest BCUT2D eigenvalue weighted by molar-refractivity contribution is -0.120. The van der Waals surface area contributed by atoms with E-state index >= 15 is 0 Å². The second-order valence-corrected chi connectivity index (χ2v) is 4.40. The molecule has 0 heterocycles. The van der Waals surface area contributed by atoms with E-state index in [1.807, 2.05) is 32.9 Å². The standard InChI is InChI=1S/C13H18ClNO/c1-4-10(5-2)13(16)15-12-7-6-11(14)8-9(12)3/h6-8,10H,4-5H2,1-3H3,(H,15,16). The molecule has 0 bridgehead atoms. The van der Waals surface area contributed by atoms with E-state index < -0.39 is 0 Å². The molecule has 0 saturated heterocycles. The maximum atomic E-state index is 11.9. The first-order valence-electron chi connectivity index (χ1n) is 5.65. The van der Waals surface area contributed by atoms with Crippen molar-refractivity contribution in [1.29, 1.82) is 0 Å². The predicted molar refractivity (Wildman–Crippen MR) is 68.9 cm³/mol. The molecule has 88 valence electrons. The summed E-state index contributed by atoms with van der Waals surface area (Å²) in [7, 11) is 0. The minimum Gasteiger partial charge on any atom is -0.326 e. The topological polar surface area (TPSA) is 29.1 Å². The number of nitrogens with one attached hydrogen (secondary N) is 1. The molecule has 2 nitrogen and oxygen atoms in total. The summed E-state index contributed by atoms with van der Waals surface area (Å²) in [5.41, 5.74) is 1.84. The van der Waals surface area contributed by atoms with Crippen LogP contribution < -0.4 is 5.32 Å². The van der Waals surface area contributed by atoms with E-state index in [-0.39, 0.29) is 11.8 Å². The third-order valence-corrected chi connectivity index (χ3v) is 3.04. The van der Waals surface area contributed by atoms with Crippen LogP contribution in [0, 0.1) is 12.8 Å². The number of aryl methyl sites for hydroxylation is 1. The van der Waals surface area contributed by atoms with E-state index in [2.05, 4.69) is 5.32 Å². The van der Waals surface area contributed by atoms with Gasteiger partial charge in [-0.1, -0.05) is 25.4 Å². The lowest BCUT2D eigenvalue weighted by Crippen LogP contribution is -2.22. The number of anilines is 1. The van der Waals surface area contributed by atoms with Crippen molar-refractivity contribution in [2.75, 3.05) is 5.32 Å². The van der Waals surface area contributed by atoms with Gasteiger partial charge in [0.2, 0.25) is 5.91 Å². The lowest BCUT2D eigenvalue weighted by Gasteiger charge is -2.14. The van der Waals surface area contributed by atoms with E-state index in [9.17, 15) is 4.79 Å². The Morgan fingerprint density at radius 2 is 2.00 bits per heavy atom. The van der Waals surface area contributed by atoms with Crippen LogP contribution in [0.2, 0.25) is 5.02 Å². The average molecular weight is 240 g/mol. The van der Waals surface area contributed by atoms with Crippen LogP contribution >= 0.6 is 11.6 Å². The van der Waals surface area contributed by atoms with E-state index in [0.717, 1.165) is 24.1 Å². The van der Waals surface area contributed by atoms with Crippen molar-refractivity contribution in [3.63, 3.8) is 0 Å². The van der Waals surface area contributed by atoms with Gasteiger partial charge in [0.15, 0.2) is 0 Å². The van der Waals surface area contributed by atoms with E-state index in [0.29, 0.717) is 5.02 Å². The molecule has 0 atom stereocenters. The Bertz CT molecular complexity index is 372. The summed E-state index contributed by atoms with van der Waals surface area (Å²) in [5, 5.41) is 3.63. The molecule has 16 heavy (non-hydrogen) atoms. The Morgan fingerprint density at radius 3 is 2.50 bits per heavy atom. The molecule has 0 aliphatic rings. The second-order valence-electron chi connectivity index (χ2n) is 3.96. The molecule has 0 saturated carbocycles. The third kappa shape index (κ3) is 3.24. The summed E-state index contributed by atoms with van der Waals surface area (Å²) in [5.74, 6) is 0.186. The molecule has 0 aliphatic carbocycles. The maximum absolute atomic E-state index is 11.9. The Hall–Kier alpha value is -1.02. The Labute approximate surface area is 102 Å². The summed E-state index contributed by atoms with van der Waals surface area (Å²) in [6, 6.07) is 5.49. The van der Waals surface area contributed by atoms with Crippen molar-refractivity contribution in [2.24, 2.45) is 5.92 Å². The van der Waals surface area contributed by atoms with E-state index in [1.165, 1.54) is 0 Å². The monoisotopic (exact) mass is 239 g/mol. The Morgan fingerprint density at radius 1 is 1.38 bits per heavy atom. The third-order valence-electron chi connectivity index (χ3n) is 2.80. The fraction of sp³-hybridized carbons (Fsp3) is 0.462. The number of hydrogen-bond donors (Lipinski definition) is 1. The second kappa shape index (κ2) is 5.90. The number of hydrogen-bond acceptors (Lipinski definition) is 1. The smallest absolute Gasteiger partial charge is 0.227 e. The molecule has 1 aromatic carbocycles. The number of rotatable bonds is 4. The maximum Gasteiger partial charge on any atom is 0.227 e. The van der Waals surface area contributed by atoms with Gasteiger partial charge in [0.05, 0.1) is 0 Å². The summed E-state index contributed by atoms with van der Waals surface area (Å²) in [6.45, 7) is 6.00. The molecule has 1 amide bonds. The molecule has 0 aromatic heterocycles. The first kappa shape index (κ1) is 13.0. The normalized spacial score (nSPS) is 10.6. The van der Waals surface area contributed by atoms with Gasteiger partial charge in [-0.25, -0.2) is 0 Å². The molecule has 0 unspecified atom stereocenters. The Balaban J connectivity index is 2.76. The summed E-state index contributed by atoms with van der Waals surface area (Å²) in [6.07, 6.45) is 1.74. The molecule has 0 aliphatic heterocycles. The van der Waals surface area contributed by atoms with Gasteiger partial charge >= 0.3 is 0 Å². The van der Waals surface area contributed by atoms with Gasteiger partial charge in [0.1, 0.15) is 0 Å². The SMILES string of the molecule is CCC(CC)C(=O)Nc1ccc(Cl)cc1C. The van der Waals surface area contributed by atoms with Crippen molar-refractivity contribution in [3.8, 4) is 0 Å². The van der Waals surface area contributed by atoms with E-state index in [4.69, 9.17) is 11.6 Å². The van der Waals surface area contributed by atoms with Gasteiger partial charge in [-0.2, -0.15) is 0 Å². The van der Waals surface area contributed by atoms with Crippen LogP contribution in [0.15, 0.2) is 18.2 Å². The van der Waals surface area contributed by atoms with Crippen molar-refractivity contribution in [3.05, 3.63) is 28.8 Å². The van der Waals surface area contributed by atoms with Crippen LogP contribution in [-0.2, 0) is 4.79 Å². The summed E-state index contributed by atoms with van der Waals surface area (Å²) >= 11 is 5.86. The fourth-order valence-corrected chi connectivity index (χ4v) is 1.89. The van der Waals surface area contributed by atoms with Crippen LogP contribution in [0.5, 0.6) is 0 Å². The zero-order valence-electron chi connectivity index (χ0n) is 10.0. The van der Waals surface area contributed by atoms with Crippen LogP contribution in [-0.4, -0.2) is 5.91 Å². The van der Waals surface area contributed by atoms with Gasteiger partial charge in [-0.15, -0.1) is 0 Å². The minimum atomic E-state index is 0.0927. The highest BCUT2D eigenvalue weighted by Gasteiger charge is 2.14. The molecule has 1 aromatic rings. The van der Waals surface area contributed by atoms with Gasteiger partial charge in [0.25, 0.3) is 0 Å². The molecular weight excluding hydrogens is 222 g/mol. The van der Waals surface area contributed by atoms with Crippen molar-refractivity contribution < 1.29 is 4.79 Å². The first-order chi connectivity index (χ1) is 7.58. The van der Waals surface area contributed by atoms with Crippen molar-refractivity contribution in [2.45, 2.75) is 33.6 Å². The highest BCUT2D eigenvalue weighted by molar-refractivity contribution is 6.30. The number of carbonyl (C=O) groups excluding carboxylic acids is 1. The Kier molecular flexibility index (Phi) is 4.81. The largest absolute Gasteiger partial charge is 0.326 e. The molecule has 1 N–H and O–H groups in total. The van der Waals surface area contributed by atoms with Crippen LogP contribution in [0.1, 0.15) is 32.3 Å². The number of benzene rings is 1. The fourth-order valence-electron chi connectivity index (χ4n) is 1.66. The number of amides is 1. The first-order valence-corrected chi connectivity index (χ1v) is 6.03. The quantitative estimate of drug-likeness (QED) is 0.845. The average Bonchev–Trinajstić information content (AvgIpc) is 2.24. The highest BCUT2D eigenvalue weighted by atomic mass is 35.5. The van der Waals surface area contributed by atoms with Crippen LogP contribution in [0.25, 0.3) is 0 Å². The highest BCUT2D eigenvalue weighted by Crippen LogP contribution is 2.21. The zero-order chi connectivity index (χ0) is 12.1. The molecule has 3 heteroatoms. The molecule has 1 rings (SSSR count). The minimum absolute atomic E-state index is 0.0927. The number of carbonyl (C=O) groups is 1. The van der Waals surface area contributed by atoms with Crippen LogP contribution in [0.4, 0.5) is 5.69 Å². The summed E-state index contributed by atoms with van der Waals surface area (Å²) in [4.78, 5) is 11.9. The molecule has 0 radical (unpaired) electrons. The van der Waals surface area contributed by atoms with Crippen molar-refractivity contribution >= 4 is 23.2 Å². The molecule has 0 spiro atoms. The van der Waals surface area contributed by atoms with Gasteiger partial charge in [0, 0.05) is 16.6 Å². The van der Waals surface area contributed by atoms with Crippen LogP contribution in [0.3, 0.4) is 0 Å². The van der Waals surface area contributed by atoms with E-state index in [1.54, 1.807) is 6.07 Å². The van der Waals surface area contributed by atoms with Gasteiger partial charge in [-0.05, 0) is 43.5 Å². The molecular formula is C13H18ClNO. The summed E-state index contributed by atoms with van der Waals surface area (Å²) < 4.78 is 0. The molecule has 0 fully saturated rings. The van der Waals surface area contributed by atoms with Crippen molar-refractivity contribution in [1.82, 2.24) is 0 Å². The van der Waals surface area contributed by atoms with Gasteiger partial charge in [-0.3, -0.25) is 4.79 Å². The van der Waals surface area contributed by atoms with Gasteiger partial charge < -0.3 is 5.32 Å². The number of halogens is 1. The predicted octanol–water partition coefficient (Wildman–Crippen LogP) is 4.02.